The van der Waals surface area contributed by atoms with Gasteiger partial charge in [-0.1, -0.05) is 69.0 Å². The Morgan fingerprint density at radius 2 is 1.18 bits per heavy atom. The number of rotatable bonds is 7. The Hall–Kier alpha value is -1.39. The van der Waals surface area contributed by atoms with E-state index in [0.717, 1.165) is 30.1 Å². The first kappa shape index (κ1) is 21.3. The van der Waals surface area contributed by atoms with Crippen molar-refractivity contribution in [3.63, 3.8) is 0 Å². The van der Waals surface area contributed by atoms with Gasteiger partial charge in [0.2, 0.25) is 0 Å². The van der Waals surface area contributed by atoms with Crippen molar-refractivity contribution >= 4 is 29.5 Å². The van der Waals surface area contributed by atoms with Crippen molar-refractivity contribution in [2.75, 3.05) is 10.9 Å². The molecule has 0 atom stereocenters. The van der Waals surface area contributed by atoms with Gasteiger partial charge in [0.05, 0.1) is 0 Å². The molecular formula is C22H33N4PS. The number of benzene rings is 2. The smallest absolute Gasteiger partial charge is 0.110 e. The summed E-state index contributed by atoms with van der Waals surface area (Å²) in [7, 11) is 0. The van der Waals surface area contributed by atoms with Crippen LogP contribution in [0.4, 0.5) is 11.4 Å². The summed E-state index contributed by atoms with van der Waals surface area (Å²) in [5, 5.41) is 7.02. The second-order valence-electron chi connectivity index (χ2n) is 8.74. The van der Waals surface area contributed by atoms with Crippen LogP contribution in [0.2, 0.25) is 0 Å². The molecule has 4 nitrogen and oxygen atoms in total. The minimum atomic E-state index is -2.09. The molecule has 1 saturated carbocycles. The van der Waals surface area contributed by atoms with Crippen LogP contribution in [-0.2, 0) is 11.8 Å². The standard InChI is InChI=1S/C22H33N4PS/c1-22(2,3)18-14-16-21(17-15-18)27(28,25-23-19-10-6-4-7-11-19)26-24-20-12-8-5-9-13-20/h4-13,18,21,23-24H,14-17H2,1-3H3,(H2,25,26,28). The van der Waals surface area contributed by atoms with Gasteiger partial charge < -0.3 is 10.9 Å². The molecule has 0 unspecified atom stereocenters. The summed E-state index contributed by atoms with van der Waals surface area (Å²) in [6, 6.07) is 20.3. The fourth-order valence-electron chi connectivity index (χ4n) is 3.85. The Kier molecular flexibility index (Phi) is 7.16. The number of nitrogens with one attached hydrogen (secondary N) is 4. The van der Waals surface area contributed by atoms with Crippen LogP contribution in [0.15, 0.2) is 60.7 Å². The Morgan fingerprint density at radius 3 is 1.57 bits per heavy atom. The molecule has 4 N–H and O–H groups in total. The maximum atomic E-state index is 6.22. The normalized spacial score (nSPS) is 20.5. The second-order valence-corrected chi connectivity index (χ2v) is 13.0. The SMILES string of the molecule is CC(C)(C)C1CCC(P(=S)(NNc2ccccc2)NNc2ccccc2)CC1. The molecular weight excluding hydrogens is 383 g/mol. The van der Waals surface area contributed by atoms with E-state index in [0.29, 0.717) is 11.1 Å². The molecule has 152 valence electrons. The lowest BCUT2D eigenvalue weighted by molar-refractivity contribution is 0.181. The monoisotopic (exact) mass is 416 g/mol. The van der Waals surface area contributed by atoms with E-state index < -0.39 is 6.34 Å². The van der Waals surface area contributed by atoms with Crippen LogP contribution >= 0.6 is 6.34 Å². The highest BCUT2D eigenvalue weighted by Crippen LogP contribution is 2.51. The molecule has 0 bridgehead atoms. The summed E-state index contributed by atoms with van der Waals surface area (Å²) in [6.07, 6.45) is 2.71. The summed E-state index contributed by atoms with van der Waals surface area (Å²) >= 11 is 6.22. The maximum absolute atomic E-state index is 6.22. The van der Waals surface area contributed by atoms with E-state index in [4.69, 9.17) is 11.8 Å². The van der Waals surface area contributed by atoms with Gasteiger partial charge >= 0.3 is 0 Å². The van der Waals surface area contributed by atoms with Crippen LogP contribution in [0.25, 0.3) is 0 Å². The van der Waals surface area contributed by atoms with Crippen LogP contribution in [0.5, 0.6) is 0 Å². The topological polar surface area (TPSA) is 48.1 Å². The number of hydrogen-bond acceptors (Lipinski definition) is 3. The molecule has 2 aromatic carbocycles. The highest BCUT2D eigenvalue weighted by molar-refractivity contribution is 8.13. The zero-order valence-electron chi connectivity index (χ0n) is 17.1. The maximum Gasteiger partial charge on any atom is 0.110 e. The molecule has 0 aromatic heterocycles. The molecule has 0 spiro atoms. The Labute approximate surface area is 175 Å². The summed E-state index contributed by atoms with van der Waals surface area (Å²) in [6.45, 7) is 7.08. The largest absolute Gasteiger partial charge is 0.316 e. The van der Waals surface area contributed by atoms with E-state index in [1.54, 1.807) is 0 Å². The Bertz CT molecular complexity index is 721. The third-order valence-corrected chi connectivity index (χ3v) is 9.59. The molecule has 0 saturated heterocycles. The van der Waals surface area contributed by atoms with E-state index in [9.17, 15) is 0 Å². The first-order valence-electron chi connectivity index (χ1n) is 10.1. The molecule has 1 fully saturated rings. The van der Waals surface area contributed by atoms with E-state index in [1.807, 2.05) is 60.7 Å². The number of hydrogen-bond donors (Lipinski definition) is 4. The van der Waals surface area contributed by atoms with Crippen LogP contribution in [0, 0.1) is 11.3 Å². The number of hydrazine groups is 2. The highest BCUT2D eigenvalue weighted by atomic mass is 32.4. The van der Waals surface area contributed by atoms with Crippen LogP contribution in [0.3, 0.4) is 0 Å². The summed E-state index contributed by atoms with van der Waals surface area (Å²) < 4.78 is 0. The lowest BCUT2D eigenvalue weighted by atomic mass is 9.72. The zero-order valence-corrected chi connectivity index (χ0v) is 18.8. The third-order valence-electron chi connectivity index (χ3n) is 5.72. The molecule has 1 aliphatic carbocycles. The van der Waals surface area contributed by atoms with Gasteiger partial charge in [-0.25, -0.2) is 0 Å². The zero-order chi connectivity index (χ0) is 20.0. The van der Waals surface area contributed by atoms with Crippen molar-refractivity contribution in [1.29, 1.82) is 0 Å². The van der Waals surface area contributed by atoms with Crippen molar-refractivity contribution in [2.24, 2.45) is 11.3 Å². The van der Waals surface area contributed by atoms with Crippen molar-refractivity contribution in [2.45, 2.75) is 52.1 Å². The van der Waals surface area contributed by atoms with Gasteiger partial charge in [-0.3, -0.25) is 0 Å². The molecule has 2 aromatic rings. The predicted molar refractivity (Wildman–Crippen MR) is 126 cm³/mol. The average molecular weight is 417 g/mol. The van der Waals surface area contributed by atoms with Crippen molar-refractivity contribution in [3.05, 3.63) is 60.7 Å². The molecule has 0 aliphatic heterocycles. The molecule has 0 heterocycles. The molecule has 6 heteroatoms. The molecule has 0 amide bonds. The van der Waals surface area contributed by atoms with Crippen molar-refractivity contribution < 1.29 is 0 Å². The Morgan fingerprint density at radius 1 is 0.750 bits per heavy atom. The lowest BCUT2D eigenvalue weighted by Crippen LogP contribution is -2.38. The van der Waals surface area contributed by atoms with Crippen LogP contribution in [-0.4, -0.2) is 5.66 Å². The summed E-state index contributed by atoms with van der Waals surface area (Å²) in [4.78, 5) is 0. The quantitative estimate of drug-likeness (QED) is 0.323. The minimum Gasteiger partial charge on any atom is -0.316 e. The van der Waals surface area contributed by atoms with Gasteiger partial charge in [0.1, 0.15) is 6.34 Å². The summed E-state index contributed by atoms with van der Waals surface area (Å²) in [5.41, 5.74) is 9.59. The summed E-state index contributed by atoms with van der Waals surface area (Å²) in [5.74, 6) is 0.774. The van der Waals surface area contributed by atoms with Crippen LogP contribution in [0.1, 0.15) is 46.5 Å². The molecule has 0 radical (unpaired) electrons. The van der Waals surface area contributed by atoms with E-state index in [-0.39, 0.29) is 0 Å². The average Bonchev–Trinajstić information content (AvgIpc) is 2.72. The van der Waals surface area contributed by atoms with Gasteiger partial charge in [0, 0.05) is 17.0 Å². The number of anilines is 2. The van der Waals surface area contributed by atoms with Crippen molar-refractivity contribution in [1.82, 2.24) is 10.4 Å². The van der Waals surface area contributed by atoms with E-state index in [1.165, 1.54) is 12.8 Å². The molecule has 3 rings (SSSR count). The first-order chi connectivity index (χ1) is 13.4. The van der Waals surface area contributed by atoms with Gasteiger partial charge in [0.25, 0.3) is 0 Å². The first-order valence-corrected chi connectivity index (χ1v) is 13.0. The fraction of sp³-hybridized carbons (Fsp3) is 0.455. The van der Waals surface area contributed by atoms with Crippen LogP contribution < -0.4 is 21.2 Å². The third kappa shape index (κ3) is 5.81. The van der Waals surface area contributed by atoms with Crippen molar-refractivity contribution in [3.8, 4) is 0 Å². The minimum absolute atomic E-state index is 0.374. The van der Waals surface area contributed by atoms with E-state index >= 15 is 0 Å². The van der Waals surface area contributed by atoms with Gasteiger partial charge in [-0.15, -0.1) is 0 Å². The highest BCUT2D eigenvalue weighted by Gasteiger charge is 2.36. The molecule has 1 aliphatic rings. The lowest BCUT2D eigenvalue weighted by Gasteiger charge is -2.41. The van der Waals surface area contributed by atoms with E-state index in [2.05, 4.69) is 42.0 Å². The number of para-hydroxylation sites is 2. The molecule has 28 heavy (non-hydrogen) atoms. The Balaban J connectivity index is 1.69. The van der Waals surface area contributed by atoms with Gasteiger partial charge in [0.15, 0.2) is 0 Å². The van der Waals surface area contributed by atoms with Gasteiger partial charge in [-0.2, -0.15) is 10.4 Å². The van der Waals surface area contributed by atoms with Gasteiger partial charge in [-0.05, 0) is 61.3 Å². The fourth-order valence-corrected chi connectivity index (χ4v) is 6.80. The predicted octanol–water partition coefficient (Wildman–Crippen LogP) is 6.13. The second kappa shape index (κ2) is 9.41.